The smallest absolute Gasteiger partial charge is 0.181 e. The molecule has 1 saturated carbocycles. The molecule has 1 aromatic carbocycles. The molecule has 0 radical (unpaired) electrons. The molecule has 5 nitrogen and oxygen atoms in total. The van der Waals surface area contributed by atoms with Crippen molar-refractivity contribution in [1.82, 2.24) is 25.4 Å². The van der Waals surface area contributed by atoms with Crippen LogP contribution in [-0.4, -0.2) is 25.4 Å². The first kappa shape index (κ1) is 19.7. The summed E-state index contributed by atoms with van der Waals surface area (Å²) in [5.74, 6) is 2.15. The molecule has 2 aromatic heterocycles. The van der Waals surface area contributed by atoms with Crippen LogP contribution in [-0.2, 0) is 6.42 Å². The Hall–Kier alpha value is -3.02. The Kier molecular flexibility index (Phi) is 6.53. The number of fused-ring (bicyclic) bond motifs is 1. The van der Waals surface area contributed by atoms with E-state index in [1.165, 1.54) is 44.8 Å². The summed E-state index contributed by atoms with van der Waals surface area (Å²) in [4.78, 5) is 4.71. The standard InChI is InChI=1S/C17H19N5.C5H7F/c1-2-5-14-13-10-12(8-9-15(13)20-19-14)17-18-16(21-22-17)11-6-3-4-7-11;1-3-4-5(2)6/h2,8-11H,1,3-7H2,(H,19,20)(H,18,21,22);3-4H,1H2,2H3/b;5-4+. The third-order valence-electron chi connectivity index (χ3n) is 4.83. The molecule has 0 bridgehead atoms. The molecule has 0 spiro atoms. The van der Waals surface area contributed by atoms with Crippen LogP contribution >= 0.6 is 0 Å². The van der Waals surface area contributed by atoms with E-state index in [0.29, 0.717) is 5.92 Å². The molecule has 0 saturated heterocycles. The van der Waals surface area contributed by atoms with Crippen molar-refractivity contribution in [2.45, 2.75) is 44.9 Å². The third-order valence-corrected chi connectivity index (χ3v) is 4.83. The van der Waals surface area contributed by atoms with Crippen molar-refractivity contribution in [2.24, 2.45) is 0 Å². The van der Waals surface area contributed by atoms with E-state index in [1.54, 1.807) is 0 Å². The van der Waals surface area contributed by atoms with Gasteiger partial charge in [-0.2, -0.15) is 10.2 Å². The van der Waals surface area contributed by atoms with E-state index >= 15 is 0 Å². The number of H-pyrrole nitrogens is 2. The lowest BCUT2D eigenvalue weighted by atomic mass is 10.1. The van der Waals surface area contributed by atoms with E-state index in [4.69, 9.17) is 4.98 Å². The molecule has 6 heteroatoms. The highest BCUT2D eigenvalue weighted by Crippen LogP contribution is 2.33. The molecule has 4 rings (SSSR count). The molecule has 146 valence electrons. The summed E-state index contributed by atoms with van der Waals surface area (Å²) >= 11 is 0. The number of aromatic amines is 2. The number of allylic oxidation sites excluding steroid dienone is 4. The molecular weight excluding hydrogens is 353 g/mol. The van der Waals surface area contributed by atoms with Crippen molar-refractivity contribution in [1.29, 1.82) is 0 Å². The van der Waals surface area contributed by atoms with Gasteiger partial charge in [-0.15, -0.1) is 6.58 Å². The van der Waals surface area contributed by atoms with Crippen LogP contribution in [0.1, 0.15) is 50.0 Å². The van der Waals surface area contributed by atoms with Gasteiger partial charge in [0.2, 0.25) is 0 Å². The number of rotatable bonds is 5. The first-order valence-electron chi connectivity index (χ1n) is 9.57. The van der Waals surface area contributed by atoms with E-state index in [0.717, 1.165) is 40.2 Å². The molecule has 1 aliphatic carbocycles. The summed E-state index contributed by atoms with van der Waals surface area (Å²) in [7, 11) is 0. The zero-order valence-corrected chi connectivity index (χ0v) is 16.2. The lowest BCUT2D eigenvalue weighted by Crippen LogP contribution is -1.94. The molecule has 1 fully saturated rings. The minimum Gasteiger partial charge on any atom is -0.281 e. The van der Waals surface area contributed by atoms with E-state index in [9.17, 15) is 4.39 Å². The minimum atomic E-state index is -0.204. The third kappa shape index (κ3) is 4.63. The number of halogens is 1. The largest absolute Gasteiger partial charge is 0.281 e. The number of nitrogens with one attached hydrogen (secondary N) is 2. The average molecular weight is 379 g/mol. The van der Waals surface area contributed by atoms with Gasteiger partial charge in [0.1, 0.15) is 5.82 Å². The number of hydrogen-bond acceptors (Lipinski definition) is 3. The quantitative estimate of drug-likeness (QED) is 0.436. The van der Waals surface area contributed by atoms with E-state index in [-0.39, 0.29) is 5.83 Å². The lowest BCUT2D eigenvalue weighted by molar-refractivity contribution is 0.641. The first-order chi connectivity index (χ1) is 13.6. The van der Waals surface area contributed by atoms with Crippen molar-refractivity contribution in [3.05, 3.63) is 66.9 Å². The zero-order chi connectivity index (χ0) is 19.9. The van der Waals surface area contributed by atoms with Crippen LogP contribution in [0.15, 0.2) is 55.4 Å². The zero-order valence-electron chi connectivity index (χ0n) is 16.2. The van der Waals surface area contributed by atoms with Gasteiger partial charge in [0, 0.05) is 29.0 Å². The molecule has 0 unspecified atom stereocenters. The van der Waals surface area contributed by atoms with Crippen molar-refractivity contribution < 1.29 is 4.39 Å². The van der Waals surface area contributed by atoms with Gasteiger partial charge in [-0.3, -0.25) is 10.2 Å². The molecule has 28 heavy (non-hydrogen) atoms. The Morgan fingerprint density at radius 3 is 2.64 bits per heavy atom. The normalized spacial score (nSPS) is 14.7. The Bertz CT molecular complexity index is 972. The van der Waals surface area contributed by atoms with Gasteiger partial charge >= 0.3 is 0 Å². The van der Waals surface area contributed by atoms with Gasteiger partial charge < -0.3 is 0 Å². The maximum Gasteiger partial charge on any atom is 0.181 e. The van der Waals surface area contributed by atoms with Crippen LogP contribution in [0.5, 0.6) is 0 Å². The Labute approximate surface area is 164 Å². The molecular formula is C22H26FN5. The second kappa shape index (κ2) is 9.26. The monoisotopic (exact) mass is 379 g/mol. The molecule has 0 aliphatic heterocycles. The lowest BCUT2D eigenvalue weighted by Gasteiger charge is -2.02. The predicted molar refractivity (Wildman–Crippen MR) is 112 cm³/mol. The van der Waals surface area contributed by atoms with E-state index in [1.807, 2.05) is 18.2 Å². The summed E-state index contributed by atoms with van der Waals surface area (Å²) in [5.41, 5.74) is 3.07. The summed E-state index contributed by atoms with van der Waals surface area (Å²) < 4.78 is 11.5. The fourth-order valence-electron chi connectivity index (χ4n) is 3.45. The second-order valence-electron chi connectivity index (χ2n) is 6.94. The number of aromatic nitrogens is 5. The van der Waals surface area contributed by atoms with Crippen molar-refractivity contribution >= 4 is 10.9 Å². The highest BCUT2D eigenvalue weighted by atomic mass is 19.1. The maximum absolute atomic E-state index is 11.5. The van der Waals surface area contributed by atoms with E-state index < -0.39 is 0 Å². The Balaban J connectivity index is 0.000000330. The van der Waals surface area contributed by atoms with Gasteiger partial charge in [0.25, 0.3) is 0 Å². The summed E-state index contributed by atoms with van der Waals surface area (Å²) in [6.45, 7) is 8.45. The average Bonchev–Trinajstić information content (AvgIpc) is 3.43. The fraction of sp³-hybridized carbons (Fsp3) is 0.318. The second-order valence-corrected chi connectivity index (χ2v) is 6.94. The molecule has 0 amide bonds. The van der Waals surface area contributed by atoms with Crippen LogP contribution in [0, 0.1) is 0 Å². The Morgan fingerprint density at radius 2 is 2.00 bits per heavy atom. The highest BCUT2D eigenvalue weighted by molar-refractivity contribution is 5.85. The fourth-order valence-corrected chi connectivity index (χ4v) is 3.45. The number of hydrogen-bond donors (Lipinski definition) is 2. The number of nitrogens with zero attached hydrogens (tertiary/aromatic N) is 3. The van der Waals surface area contributed by atoms with Gasteiger partial charge in [-0.25, -0.2) is 9.37 Å². The first-order valence-corrected chi connectivity index (χ1v) is 9.57. The topological polar surface area (TPSA) is 70.2 Å². The highest BCUT2D eigenvalue weighted by Gasteiger charge is 2.21. The summed E-state index contributed by atoms with van der Waals surface area (Å²) in [6.07, 6.45) is 10.4. The maximum atomic E-state index is 11.5. The number of benzene rings is 1. The van der Waals surface area contributed by atoms with Crippen LogP contribution in [0.3, 0.4) is 0 Å². The van der Waals surface area contributed by atoms with Crippen LogP contribution in [0.2, 0.25) is 0 Å². The van der Waals surface area contributed by atoms with Crippen LogP contribution in [0.25, 0.3) is 22.3 Å². The molecule has 2 N–H and O–H groups in total. The van der Waals surface area contributed by atoms with Crippen molar-refractivity contribution in [3.8, 4) is 11.4 Å². The summed E-state index contributed by atoms with van der Waals surface area (Å²) in [6, 6.07) is 6.15. The molecule has 1 aliphatic rings. The molecule has 3 aromatic rings. The van der Waals surface area contributed by atoms with Crippen LogP contribution in [0.4, 0.5) is 4.39 Å². The van der Waals surface area contributed by atoms with Gasteiger partial charge in [0.05, 0.1) is 11.3 Å². The minimum absolute atomic E-state index is 0.204. The van der Waals surface area contributed by atoms with Gasteiger partial charge in [-0.05, 0) is 44.0 Å². The van der Waals surface area contributed by atoms with E-state index in [2.05, 4.69) is 39.6 Å². The van der Waals surface area contributed by atoms with Gasteiger partial charge in [0.15, 0.2) is 5.82 Å². The summed E-state index contributed by atoms with van der Waals surface area (Å²) in [5, 5.41) is 16.0. The molecule has 2 heterocycles. The molecule has 0 atom stereocenters. The predicted octanol–water partition coefficient (Wildman–Crippen LogP) is 5.78. The van der Waals surface area contributed by atoms with Crippen LogP contribution < -0.4 is 0 Å². The van der Waals surface area contributed by atoms with Crippen molar-refractivity contribution in [2.75, 3.05) is 0 Å². The SMILES string of the molecule is C=C/C=C(\C)F.C=CCc1[nH]nc2ccc(-c3n[nH]c(C4CCCC4)n3)cc12. The van der Waals surface area contributed by atoms with Gasteiger partial charge in [-0.1, -0.05) is 31.6 Å². The Morgan fingerprint density at radius 1 is 1.21 bits per heavy atom. The van der Waals surface area contributed by atoms with Crippen molar-refractivity contribution in [3.63, 3.8) is 0 Å².